The first-order valence-corrected chi connectivity index (χ1v) is 14.0. The highest BCUT2D eigenvalue weighted by atomic mass is 32.1. The molecule has 0 unspecified atom stereocenters. The Bertz CT molecular complexity index is 2170. The molecule has 8 aromatic rings. The van der Waals surface area contributed by atoms with Crippen LogP contribution in [-0.2, 0) is 7.05 Å². The second-order valence-electron chi connectivity index (χ2n) is 9.88. The van der Waals surface area contributed by atoms with E-state index in [4.69, 9.17) is 4.98 Å². The number of thiazole rings is 1. The summed E-state index contributed by atoms with van der Waals surface area (Å²) in [5.41, 5.74) is 9.72. The van der Waals surface area contributed by atoms with E-state index < -0.39 is 0 Å². The van der Waals surface area contributed by atoms with Gasteiger partial charge in [0.05, 0.1) is 27.8 Å². The van der Waals surface area contributed by atoms with E-state index in [1.165, 1.54) is 16.3 Å². The molecule has 8 rings (SSSR count). The molecule has 0 amide bonds. The van der Waals surface area contributed by atoms with E-state index >= 15 is 0 Å². The van der Waals surface area contributed by atoms with Gasteiger partial charge in [-0.25, -0.2) is 9.97 Å². The number of hydrogen-bond acceptors (Lipinski definition) is 4. The third-order valence-corrected chi connectivity index (χ3v) is 8.38. The molecule has 40 heavy (non-hydrogen) atoms. The number of hydrogen-bond donors (Lipinski definition) is 0. The van der Waals surface area contributed by atoms with Crippen molar-refractivity contribution >= 4 is 44.2 Å². The number of aromatic nitrogens is 5. The van der Waals surface area contributed by atoms with Gasteiger partial charge in [-0.2, -0.15) is 0 Å². The summed E-state index contributed by atoms with van der Waals surface area (Å²) in [5, 5.41) is 5.47. The Morgan fingerprint density at radius 3 is 2.35 bits per heavy atom. The number of nitrogens with zero attached hydrogens (tertiary/aromatic N) is 5. The van der Waals surface area contributed by atoms with E-state index in [0.29, 0.717) is 0 Å². The normalized spacial score (nSPS) is 11.6. The highest BCUT2D eigenvalue weighted by molar-refractivity contribution is 7.13. The van der Waals surface area contributed by atoms with Crippen LogP contribution >= 0.6 is 11.3 Å². The van der Waals surface area contributed by atoms with Gasteiger partial charge in [-0.05, 0) is 54.6 Å². The second-order valence-corrected chi connectivity index (χ2v) is 10.8. The summed E-state index contributed by atoms with van der Waals surface area (Å²) in [5.74, 6) is 0.937. The van der Waals surface area contributed by atoms with Crippen molar-refractivity contribution in [1.29, 1.82) is 0 Å². The van der Waals surface area contributed by atoms with E-state index in [1.54, 1.807) is 11.3 Å². The van der Waals surface area contributed by atoms with Gasteiger partial charge in [0.1, 0.15) is 10.8 Å². The minimum Gasteiger partial charge on any atom is -0.327 e. The number of fused-ring (bicyclic) bond motifs is 4. The lowest BCUT2D eigenvalue weighted by Crippen LogP contribution is -1.96. The smallest absolute Gasteiger partial charge is 0.140 e. The molecule has 6 heteroatoms. The van der Waals surface area contributed by atoms with E-state index in [9.17, 15) is 0 Å². The number of para-hydroxylation sites is 1. The molecule has 0 radical (unpaired) electrons. The second kappa shape index (κ2) is 9.00. The Balaban J connectivity index is 1.33. The average molecular weight is 534 g/mol. The molecule has 4 heterocycles. The minimum atomic E-state index is 0.937. The fourth-order valence-corrected chi connectivity index (χ4v) is 6.31. The van der Waals surface area contributed by atoms with Gasteiger partial charge in [-0.15, -0.1) is 11.3 Å². The molecule has 0 aliphatic carbocycles. The third-order valence-electron chi connectivity index (χ3n) is 7.56. The Kier molecular flexibility index (Phi) is 5.15. The number of rotatable bonds is 4. The van der Waals surface area contributed by atoms with Crippen molar-refractivity contribution in [2.24, 2.45) is 7.05 Å². The van der Waals surface area contributed by atoms with Gasteiger partial charge in [0.2, 0.25) is 0 Å². The zero-order chi connectivity index (χ0) is 26.6. The fraction of sp³-hybridized carbons (Fsp3) is 0.0294. The van der Waals surface area contributed by atoms with Crippen molar-refractivity contribution < 1.29 is 0 Å². The van der Waals surface area contributed by atoms with Crippen LogP contribution in [0.3, 0.4) is 0 Å². The van der Waals surface area contributed by atoms with Crippen molar-refractivity contribution in [3.63, 3.8) is 0 Å². The molecule has 0 aliphatic heterocycles. The molecular weight excluding hydrogens is 510 g/mol. The van der Waals surface area contributed by atoms with Crippen molar-refractivity contribution in [2.75, 3.05) is 0 Å². The van der Waals surface area contributed by atoms with Crippen molar-refractivity contribution in [3.05, 3.63) is 121 Å². The Labute approximate surface area is 234 Å². The monoisotopic (exact) mass is 533 g/mol. The zero-order valence-electron chi connectivity index (χ0n) is 21.7. The van der Waals surface area contributed by atoms with Crippen LogP contribution in [0.5, 0.6) is 0 Å². The van der Waals surface area contributed by atoms with Gasteiger partial charge in [-0.1, -0.05) is 48.5 Å². The predicted octanol–water partition coefficient (Wildman–Crippen LogP) is 8.52. The first-order chi connectivity index (χ1) is 19.7. The number of pyridine rings is 1. The van der Waals surface area contributed by atoms with Crippen LogP contribution in [0.15, 0.2) is 121 Å². The van der Waals surface area contributed by atoms with Crippen LogP contribution in [0, 0.1) is 0 Å². The zero-order valence-corrected chi connectivity index (χ0v) is 22.5. The molecule has 0 saturated carbocycles. The highest BCUT2D eigenvalue weighted by Crippen LogP contribution is 2.36. The third kappa shape index (κ3) is 3.57. The van der Waals surface area contributed by atoms with Gasteiger partial charge >= 0.3 is 0 Å². The quantitative estimate of drug-likeness (QED) is 0.228. The molecule has 0 spiro atoms. The lowest BCUT2D eigenvalue weighted by atomic mass is 10.1. The number of aryl methyl sites for hydroxylation is 1. The molecule has 0 bridgehead atoms. The summed E-state index contributed by atoms with van der Waals surface area (Å²) < 4.78 is 4.53. The Morgan fingerprint density at radius 2 is 1.48 bits per heavy atom. The molecule has 190 valence electrons. The van der Waals surface area contributed by atoms with E-state index in [0.717, 1.165) is 55.5 Å². The highest BCUT2D eigenvalue weighted by Gasteiger charge is 2.17. The maximum Gasteiger partial charge on any atom is 0.140 e. The lowest BCUT2D eigenvalue weighted by molar-refractivity contribution is 0.959. The molecular formula is C34H23N5S. The molecule has 4 aromatic carbocycles. The largest absolute Gasteiger partial charge is 0.327 e. The molecule has 4 aromatic heterocycles. The SMILES string of the molecule is Cn1c(-c2ccc3c4ccccc4n(-c4cccc(-c5ccccn5)c4)c3c2)nc2ccc(-c3nccs3)cc21. The number of benzene rings is 4. The predicted molar refractivity (Wildman–Crippen MR) is 165 cm³/mol. The van der Waals surface area contributed by atoms with Crippen molar-refractivity contribution in [3.8, 4) is 38.9 Å². The maximum absolute atomic E-state index is 5.05. The van der Waals surface area contributed by atoms with E-state index in [-0.39, 0.29) is 0 Å². The van der Waals surface area contributed by atoms with Gasteiger partial charge in [-0.3, -0.25) is 4.98 Å². The molecule has 0 N–H and O–H groups in total. The van der Waals surface area contributed by atoms with Crippen LogP contribution in [0.25, 0.3) is 71.7 Å². The number of imidazole rings is 1. The van der Waals surface area contributed by atoms with Crippen molar-refractivity contribution in [1.82, 2.24) is 24.1 Å². The van der Waals surface area contributed by atoms with Crippen LogP contribution in [0.4, 0.5) is 0 Å². The summed E-state index contributed by atoms with van der Waals surface area (Å²) in [6.45, 7) is 0. The summed E-state index contributed by atoms with van der Waals surface area (Å²) >= 11 is 1.65. The Hall–Kier alpha value is -5.07. The molecule has 5 nitrogen and oxygen atoms in total. The van der Waals surface area contributed by atoms with Crippen LogP contribution in [0.1, 0.15) is 0 Å². The maximum atomic E-state index is 5.05. The lowest BCUT2D eigenvalue weighted by Gasteiger charge is -2.11. The van der Waals surface area contributed by atoms with Gasteiger partial charge in [0.15, 0.2) is 0 Å². The average Bonchev–Trinajstić information content (AvgIpc) is 3.74. The first-order valence-electron chi connectivity index (χ1n) is 13.2. The molecule has 0 aliphatic rings. The van der Waals surface area contributed by atoms with Crippen LogP contribution in [-0.4, -0.2) is 24.1 Å². The molecule has 0 saturated heterocycles. The van der Waals surface area contributed by atoms with Gasteiger partial charge < -0.3 is 9.13 Å². The fourth-order valence-electron chi connectivity index (χ4n) is 5.67. The molecule has 0 fully saturated rings. The topological polar surface area (TPSA) is 48.5 Å². The van der Waals surface area contributed by atoms with E-state index in [2.05, 4.69) is 117 Å². The Morgan fingerprint density at radius 1 is 0.625 bits per heavy atom. The minimum absolute atomic E-state index is 0.937. The van der Waals surface area contributed by atoms with Gasteiger partial charge in [0, 0.05) is 58.0 Å². The van der Waals surface area contributed by atoms with Crippen molar-refractivity contribution in [2.45, 2.75) is 0 Å². The molecule has 0 atom stereocenters. The standard InChI is InChI=1S/C34H23N5S/c1-38-32-21-24(34-36-17-18-40-34)13-15-29(32)37-33(38)23-12-14-27-26-9-2-3-11-30(26)39(31(27)20-23)25-8-6-7-22(19-25)28-10-4-5-16-35-28/h2-21H,1H3. The van der Waals surface area contributed by atoms with E-state index in [1.807, 2.05) is 29.9 Å². The van der Waals surface area contributed by atoms with Crippen LogP contribution in [0.2, 0.25) is 0 Å². The summed E-state index contributed by atoms with van der Waals surface area (Å²) in [7, 11) is 2.09. The first kappa shape index (κ1) is 22.9. The van der Waals surface area contributed by atoms with Crippen LogP contribution < -0.4 is 0 Å². The summed E-state index contributed by atoms with van der Waals surface area (Å²) in [6.07, 6.45) is 3.69. The summed E-state index contributed by atoms with van der Waals surface area (Å²) in [6, 6.07) is 36.3. The summed E-state index contributed by atoms with van der Waals surface area (Å²) in [4.78, 5) is 14.1. The van der Waals surface area contributed by atoms with Gasteiger partial charge in [0.25, 0.3) is 0 Å².